The second-order valence-corrected chi connectivity index (χ2v) is 7.15. The first-order valence-corrected chi connectivity index (χ1v) is 8.58. The van der Waals surface area contributed by atoms with E-state index in [9.17, 15) is 0 Å². The minimum absolute atomic E-state index is 0.342. The predicted octanol–water partition coefficient (Wildman–Crippen LogP) is 2.55. The summed E-state index contributed by atoms with van der Waals surface area (Å²) in [6, 6.07) is 0. The van der Waals surface area contributed by atoms with Crippen LogP contribution in [0.5, 0.6) is 0 Å². The molecule has 0 radical (unpaired) electrons. The molecular formula is C12H29NO3Si. The lowest BCUT2D eigenvalue weighted by Gasteiger charge is -2.33. The molecule has 1 atom stereocenters. The monoisotopic (exact) mass is 263 g/mol. The zero-order valence-corrected chi connectivity index (χ0v) is 12.8. The fourth-order valence-corrected chi connectivity index (χ4v) is 4.80. The van der Waals surface area contributed by atoms with E-state index in [-0.39, 0.29) is 0 Å². The van der Waals surface area contributed by atoms with Crippen LogP contribution in [0.3, 0.4) is 0 Å². The summed E-state index contributed by atoms with van der Waals surface area (Å²) in [5.74, 6) is 0. The maximum atomic E-state index is 5.87. The highest BCUT2D eigenvalue weighted by atomic mass is 28.4. The van der Waals surface area contributed by atoms with Crippen LogP contribution in [-0.4, -0.2) is 35.2 Å². The molecule has 0 saturated heterocycles. The van der Waals surface area contributed by atoms with Gasteiger partial charge < -0.3 is 19.0 Å². The maximum Gasteiger partial charge on any atom is 0.503 e. The lowest BCUT2D eigenvalue weighted by Crippen LogP contribution is -2.49. The molecule has 104 valence electrons. The van der Waals surface area contributed by atoms with Crippen LogP contribution >= 0.6 is 0 Å². The van der Waals surface area contributed by atoms with E-state index in [0.717, 1.165) is 25.8 Å². The highest BCUT2D eigenvalue weighted by Gasteiger charge is 2.46. The molecule has 0 fully saturated rings. The molecule has 1 unspecified atom stereocenters. The first kappa shape index (κ1) is 17.1. The van der Waals surface area contributed by atoms with E-state index in [4.69, 9.17) is 19.0 Å². The molecule has 5 heteroatoms. The topological polar surface area (TPSA) is 53.7 Å². The molecule has 0 aliphatic heterocycles. The molecule has 0 aliphatic rings. The predicted molar refractivity (Wildman–Crippen MR) is 73.0 cm³/mol. The highest BCUT2D eigenvalue weighted by molar-refractivity contribution is 6.62. The summed E-state index contributed by atoms with van der Waals surface area (Å²) in [6.07, 6.45) is 3.22. The largest absolute Gasteiger partial charge is 0.503 e. The molecular weight excluding hydrogens is 234 g/mol. The normalized spacial score (nSPS) is 13.9. The van der Waals surface area contributed by atoms with Crippen LogP contribution in [0.1, 0.15) is 47.0 Å². The molecule has 0 saturated carbocycles. The van der Waals surface area contributed by atoms with Crippen LogP contribution in [0, 0.1) is 0 Å². The van der Waals surface area contributed by atoms with E-state index in [1.807, 2.05) is 20.8 Å². The van der Waals surface area contributed by atoms with E-state index in [2.05, 4.69) is 6.92 Å². The van der Waals surface area contributed by atoms with Gasteiger partial charge in [0.1, 0.15) is 0 Å². The Hall–Kier alpha value is 0.0569. The Bertz CT molecular complexity index is 164. The van der Waals surface area contributed by atoms with Crippen molar-refractivity contribution in [2.45, 2.75) is 52.5 Å². The summed E-state index contributed by atoms with van der Waals surface area (Å²) >= 11 is 0. The van der Waals surface area contributed by atoms with Gasteiger partial charge in [0.25, 0.3) is 0 Å². The van der Waals surface area contributed by atoms with Crippen molar-refractivity contribution < 1.29 is 13.3 Å². The minimum Gasteiger partial charge on any atom is -0.374 e. The number of rotatable bonds is 11. The van der Waals surface area contributed by atoms with Gasteiger partial charge in [-0.2, -0.15) is 0 Å². The molecule has 17 heavy (non-hydrogen) atoms. The third-order valence-electron chi connectivity index (χ3n) is 2.73. The molecule has 0 amide bonds. The van der Waals surface area contributed by atoms with Crippen LogP contribution in [-0.2, 0) is 13.3 Å². The summed E-state index contributed by atoms with van der Waals surface area (Å²) in [5.41, 5.74) is 5.86. The van der Waals surface area contributed by atoms with Gasteiger partial charge in [0.2, 0.25) is 0 Å². The van der Waals surface area contributed by atoms with Gasteiger partial charge in [-0.1, -0.05) is 13.3 Å². The number of hydrogen-bond acceptors (Lipinski definition) is 4. The number of hydrogen-bond donors (Lipinski definition) is 1. The fraction of sp³-hybridized carbons (Fsp3) is 1.00. The van der Waals surface area contributed by atoms with Crippen molar-refractivity contribution in [2.24, 2.45) is 5.73 Å². The average molecular weight is 263 g/mol. The third kappa shape index (κ3) is 5.97. The van der Waals surface area contributed by atoms with Gasteiger partial charge in [-0.25, -0.2) is 0 Å². The number of unbranched alkanes of at least 4 members (excludes halogenated alkanes) is 1. The summed E-state index contributed by atoms with van der Waals surface area (Å²) in [6.45, 7) is 10.8. The maximum absolute atomic E-state index is 5.87. The Balaban J connectivity index is 4.48. The summed E-state index contributed by atoms with van der Waals surface area (Å²) < 4.78 is 17.6. The van der Waals surface area contributed by atoms with Crippen LogP contribution < -0.4 is 5.73 Å². The van der Waals surface area contributed by atoms with Gasteiger partial charge in [0, 0.05) is 25.4 Å². The summed E-state index contributed by atoms with van der Waals surface area (Å²) in [5, 5.41) is 0. The quantitative estimate of drug-likeness (QED) is 0.460. The molecule has 0 rings (SSSR count). The average Bonchev–Trinajstić information content (AvgIpc) is 2.30. The Morgan fingerprint density at radius 3 is 1.76 bits per heavy atom. The molecule has 0 spiro atoms. The van der Waals surface area contributed by atoms with E-state index < -0.39 is 8.80 Å². The van der Waals surface area contributed by atoms with Crippen molar-refractivity contribution in [3.8, 4) is 0 Å². The van der Waals surface area contributed by atoms with Crippen molar-refractivity contribution >= 4 is 8.80 Å². The van der Waals surface area contributed by atoms with Gasteiger partial charge in [-0.15, -0.1) is 0 Å². The van der Waals surface area contributed by atoms with Crippen molar-refractivity contribution in [3.05, 3.63) is 0 Å². The van der Waals surface area contributed by atoms with Crippen LogP contribution in [0.25, 0.3) is 0 Å². The van der Waals surface area contributed by atoms with E-state index in [1.54, 1.807) is 0 Å². The Kier molecular flexibility index (Phi) is 10.1. The number of nitrogens with two attached hydrogens (primary N) is 1. The van der Waals surface area contributed by atoms with Crippen molar-refractivity contribution in [2.75, 3.05) is 26.4 Å². The molecule has 0 heterocycles. The molecule has 0 aromatic heterocycles. The minimum atomic E-state index is -2.49. The van der Waals surface area contributed by atoms with E-state index in [0.29, 0.717) is 25.4 Å². The van der Waals surface area contributed by atoms with Crippen molar-refractivity contribution in [3.63, 3.8) is 0 Å². The SMILES string of the molecule is CCO[Si](OCC)(OCC)C(C)CCCCN. The molecule has 0 aromatic carbocycles. The van der Waals surface area contributed by atoms with Crippen LogP contribution in [0.4, 0.5) is 0 Å². The fourth-order valence-electron chi connectivity index (χ4n) is 1.93. The lowest BCUT2D eigenvalue weighted by atomic mass is 10.2. The molecule has 4 nitrogen and oxygen atoms in total. The van der Waals surface area contributed by atoms with Crippen LogP contribution in [0.2, 0.25) is 5.54 Å². The Morgan fingerprint density at radius 2 is 1.41 bits per heavy atom. The smallest absolute Gasteiger partial charge is 0.374 e. The van der Waals surface area contributed by atoms with Crippen molar-refractivity contribution in [1.82, 2.24) is 0 Å². The molecule has 0 bridgehead atoms. The first-order chi connectivity index (χ1) is 8.16. The summed E-state index contributed by atoms with van der Waals surface area (Å²) in [4.78, 5) is 0. The second-order valence-electron chi connectivity index (χ2n) is 4.09. The Morgan fingerprint density at radius 1 is 0.941 bits per heavy atom. The van der Waals surface area contributed by atoms with Gasteiger partial charge in [-0.05, 0) is 40.2 Å². The first-order valence-electron chi connectivity index (χ1n) is 6.78. The third-order valence-corrected chi connectivity index (χ3v) is 6.30. The molecule has 0 aromatic rings. The molecule has 2 N–H and O–H groups in total. The second kappa shape index (κ2) is 10.0. The van der Waals surface area contributed by atoms with Crippen molar-refractivity contribution in [1.29, 1.82) is 0 Å². The van der Waals surface area contributed by atoms with Crippen LogP contribution in [0.15, 0.2) is 0 Å². The zero-order valence-electron chi connectivity index (χ0n) is 11.8. The van der Waals surface area contributed by atoms with Gasteiger partial charge >= 0.3 is 8.80 Å². The van der Waals surface area contributed by atoms with Gasteiger partial charge in [-0.3, -0.25) is 0 Å². The standard InChI is InChI=1S/C12H29NO3Si/c1-5-14-17(15-6-2,16-7-3)12(4)10-8-9-11-13/h12H,5-11,13H2,1-4H3. The Labute approximate surface area is 107 Å². The van der Waals surface area contributed by atoms with E-state index >= 15 is 0 Å². The lowest BCUT2D eigenvalue weighted by molar-refractivity contribution is 0.0612. The van der Waals surface area contributed by atoms with E-state index in [1.165, 1.54) is 0 Å². The zero-order chi connectivity index (χ0) is 13.1. The highest BCUT2D eigenvalue weighted by Crippen LogP contribution is 2.30. The van der Waals surface area contributed by atoms with Gasteiger partial charge in [0.15, 0.2) is 0 Å². The molecule has 0 aliphatic carbocycles. The summed E-state index contributed by atoms with van der Waals surface area (Å²) in [7, 11) is -2.49. The van der Waals surface area contributed by atoms with Gasteiger partial charge in [0.05, 0.1) is 0 Å².